The molecule has 2 heterocycles. The van der Waals surface area contributed by atoms with E-state index in [1.165, 1.54) is 41.7 Å². The number of carbonyl (C=O) groups excluding carboxylic acids is 2. The van der Waals surface area contributed by atoms with Gasteiger partial charge in [0.25, 0.3) is 5.91 Å². The van der Waals surface area contributed by atoms with Crippen LogP contribution in [0.2, 0.25) is 0 Å². The van der Waals surface area contributed by atoms with Crippen LogP contribution in [0.5, 0.6) is 5.75 Å². The van der Waals surface area contributed by atoms with Crippen LogP contribution in [0.15, 0.2) is 48.5 Å². The molecule has 2 aromatic heterocycles. The maximum atomic E-state index is 14.6. The van der Waals surface area contributed by atoms with Gasteiger partial charge in [-0.3, -0.25) is 9.59 Å². The fourth-order valence-electron chi connectivity index (χ4n) is 4.25. The number of anilines is 1. The molecule has 2 amide bonds. The van der Waals surface area contributed by atoms with E-state index in [0.29, 0.717) is 15.3 Å². The lowest BCUT2D eigenvalue weighted by Gasteiger charge is -2.31. The van der Waals surface area contributed by atoms with E-state index in [9.17, 15) is 37.4 Å². The van der Waals surface area contributed by atoms with E-state index in [2.05, 4.69) is 20.6 Å². The van der Waals surface area contributed by atoms with Gasteiger partial charge >= 0.3 is 6.18 Å². The number of primary amides is 1. The van der Waals surface area contributed by atoms with Crippen LogP contribution >= 0.6 is 11.3 Å². The quantitative estimate of drug-likeness (QED) is 0.147. The molecule has 2 atom stereocenters. The highest BCUT2D eigenvalue weighted by atomic mass is 32.1. The number of hydrogen-bond acceptors (Lipinski definition) is 9. The second-order valence-corrected chi connectivity index (χ2v) is 10.9. The number of nitrogens with zero attached hydrogens (tertiary/aromatic N) is 2. The maximum absolute atomic E-state index is 14.6. The normalized spacial score (nSPS) is 13.7. The van der Waals surface area contributed by atoms with Crippen molar-refractivity contribution >= 4 is 38.5 Å². The Labute approximate surface area is 252 Å². The van der Waals surface area contributed by atoms with E-state index >= 15 is 0 Å². The first-order valence-electron chi connectivity index (χ1n) is 13.3. The summed E-state index contributed by atoms with van der Waals surface area (Å²) in [5.41, 5.74) is 1.10. The van der Waals surface area contributed by atoms with E-state index in [4.69, 9.17) is 10.5 Å². The number of rotatable bonds is 12. The molecule has 6 N–H and O–H groups in total. The summed E-state index contributed by atoms with van der Waals surface area (Å²) in [7, 11) is 0. The Kier molecular flexibility index (Phi) is 9.71. The van der Waals surface area contributed by atoms with Crippen molar-refractivity contribution in [3.05, 3.63) is 71.2 Å². The third-order valence-corrected chi connectivity index (χ3v) is 7.39. The summed E-state index contributed by atoms with van der Waals surface area (Å²) >= 11 is 1.18. The standard InChI is InChI=1S/C29H29F4N5O5S/c1-3-43-25-18(12-23(34)40)11-22(38-24(25)16-4-7-19(30)8-5-16)28(42,29(31,32)33)14-36-26(41)17-6-9-20-21(10-17)44-27(37-20)35-13-15(2)39/h4-11,15,39,42H,3,12-14H2,1-2H3,(H2,34,40)(H,35,37)(H,36,41)/t15-,28-/m0/s1. The summed E-state index contributed by atoms with van der Waals surface area (Å²) in [6.45, 7) is 2.15. The Hall–Kier alpha value is -4.34. The summed E-state index contributed by atoms with van der Waals surface area (Å²) in [4.78, 5) is 33.2. The highest BCUT2D eigenvalue weighted by Crippen LogP contribution is 2.42. The Balaban J connectivity index is 1.71. The van der Waals surface area contributed by atoms with E-state index in [0.717, 1.165) is 18.2 Å². The Morgan fingerprint density at radius 2 is 1.82 bits per heavy atom. The van der Waals surface area contributed by atoms with Crippen LogP contribution in [0.3, 0.4) is 0 Å². The smallest absolute Gasteiger partial charge is 0.424 e. The molecule has 0 saturated carbocycles. The van der Waals surface area contributed by atoms with E-state index in [1.807, 2.05) is 0 Å². The lowest BCUT2D eigenvalue weighted by atomic mass is 9.93. The van der Waals surface area contributed by atoms with Crippen LogP contribution in [-0.2, 0) is 16.8 Å². The summed E-state index contributed by atoms with van der Waals surface area (Å²) in [6.07, 6.45) is -6.53. The number of aliphatic hydroxyl groups is 2. The van der Waals surface area contributed by atoms with E-state index in [-0.39, 0.29) is 41.3 Å². The molecule has 10 nitrogen and oxygen atoms in total. The molecule has 234 valence electrons. The van der Waals surface area contributed by atoms with Crippen molar-refractivity contribution in [3.63, 3.8) is 0 Å². The molecular formula is C29H29F4N5O5S. The number of thiazole rings is 1. The predicted molar refractivity (Wildman–Crippen MR) is 156 cm³/mol. The number of carbonyl (C=O) groups is 2. The minimum Gasteiger partial charge on any atom is -0.491 e. The zero-order valence-electron chi connectivity index (χ0n) is 23.5. The summed E-state index contributed by atoms with van der Waals surface area (Å²) in [5.74, 6) is -2.47. The monoisotopic (exact) mass is 635 g/mol. The first kappa shape index (κ1) is 32.6. The molecule has 0 unspecified atom stereocenters. The molecule has 0 aliphatic heterocycles. The van der Waals surface area contributed by atoms with Crippen molar-refractivity contribution < 1.29 is 42.1 Å². The SMILES string of the molecule is CCOc1c(CC(N)=O)cc([C@@](O)(CNC(=O)c2ccc3nc(NC[C@H](C)O)sc3c2)C(F)(F)F)nc1-c1ccc(F)cc1. The fourth-order valence-corrected chi connectivity index (χ4v) is 5.16. The number of nitrogens with one attached hydrogen (secondary N) is 2. The molecular weight excluding hydrogens is 606 g/mol. The van der Waals surface area contributed by atoms with Gasteiger partial charge in [0.1, 0.15) is 17.3 Å². The van der Waals surface area contributed by atoms with Crippen molar-refractivity contribution in [1.29, 1.82) is 0 Å². The van der Waals surface area contributed by atoms with E-state index < -0.39 is 54.2 Å². The van der Waals surface area contributed by atoms with Gasteiger partial charge in [0.05, 0.1) is 41.6 Å². The fraction of sp³-hybridized carbons (Fsp3) is 0.310. The molecule has 0 spiro atoms. The zero-order valence-corrected chi connectivity index (χ0v) is 24.4. The topological polar surface area (TPSA) is 160 Å². The van der Waals surface area contributed by atoms with Crippen LogP contribution in [0.1, 0.15) is 35.5 Å². The molecule has 15 heteroatoms. The van der Waals surface area contributed by atoms with Crippen LogP contribution in [-0.4, -0.2) is 64.0 Å². The highest BCUT2D eigenvalue weighted by molar-refractivity contribution is 7.22. The van der Waals surface area contributed by atoms with Gasteiger partial charge < -0.3 is 31.3 Å². The van der Waals surface area contributed by atoms with Gasteiger partial charge in [-0.15, -0.1) is 0 Å². The minimum atomic E-state index is -5.35. The van der Waals surface area contributed by atoms with Crippen molar-refractivity contribution in [3.8, 4) is 17.0 Å². The Morgan fingerprint density at radius 3 is 2.43 bits per heavy atom. The van der Waals surface area contributed by atoms with Crippen molar-refractivity contribution in [1.82, 2.24) is 15.3 Å². The third kappa shape index (κ3) is 7.23. The van der Waals surface area contributed by atoms with Crippen LogP contribution in [0.4, 0.5) is 22.7 Å². The molecule has 0 saturated heterocycles. The largest absolute Gasteiger partial charge is 0.491 e. The Morgan fingerprint density at radius 1 is 1.11 bits per heavy atom. The first-order chi connectivity index (χ1) is 20.7. The van der Waals surface area contributed by atoms with Gasteiger partial charge in [-0.1, -0.05) is 11.3 Å². The molecule has 44 heavy (non-hydrogen) atoms. The van der Waals surface area contributed by atoms with Crippen LogP contribution in [0, 0.1) is 5.82 Å². The lowest BCUT2D eigenvalue weighted by Crippen LogP contribution is -2.51. The van der Waals surface area contributed by atoms with Gasteiger partial charge in [0.2, 0.25) is 11.5 Å². The van der Waals surface area contributed by atoms with Crippen molar-refractivity contribution in [2.75, 3.05) is 25.0 Å². The van der Waals surface area contributed by atoms with Gasteiger partial charge in [-0.25, -0.2) is 14.4 Å². The lowest BCUT2D eigenvalue weighted by molar-refractivity contribution is -0.265. The molecule has 4 rings (SSSR count). The molecule has 0 aliphatic carbocycles. The molecule has 2 aromatic carbocycles. The number of pyridine rings is 1. The summed E-state index contributed by atoms with van der Waals surface area (Å²) in [6, 6.07) is 9.83. The van der Waals surface area contributed by atoms with Crippen molar-refractivity contribution in [2.24, 2.45) is 5.73 Å². The zero-order chi connectivity index (χ0) is 32.2. The van der Waals surface area contributed by atoms with Crippen LogP contribution in [0.25, 0.3) is 21.5 Å². The van der Waals surface area contributed by atoms with Gasteiger partial charge in [0.15, 0.2) is 5.13 Å². The summed E-state index contributed by atoms with van der Waals surface area (Å²) < 4.78 is 63.5. The molecule has 4 aromatic rings. The molecule has 0 fully saturated rings. The van der Waals surface area contributed by atoms with Crippen LogP contribution < -0.4 is 21.1 Å². The molecule has 0 aliphatic rings. The van der Waals surface area contributed by atoms with Gasteiger partial charge in [-0.2, -0.15) is 13.2 Å². The number of hydrogen-bond donors (Lipinski definition) is 5. The Bertz CT molecular complexity index is 1660. The average molecular weight is 636 g/mol. The highest BCUT2D eigenvalue weighted by Gasteiger charge is 2.56. The second-order valence-electron chi connectivity index (χ2n) is 9.90. The number of amides is 2. The number of aromatic nitrogens is 2. The van der Waals surface area contributed by atoms with E-state index in [1.54, 1.807) is 13.8 Å². The number of aliphatic hydroxyl groups excluding tert-OH is 1. The third-order valence-electron chi connectivity index (χ3n) is 6.42. The molecule has 0 bridgehead atoms. The number of ether oxygens (including phenoxy) is 1. The average Bonchev–Trinajstić information content (AvgIpc) is 3.37. The van der Waals surface area contributed by atoms with Crippen molar-refractivity contribution in [2.45, 2.75) is 38.1 Å². The number of fused-ring (bicyclic) bond motifs is 1. The first-order valence-corrected chi connectivity index (χ1v) is 14.1. The molecule has 0 radical (unpaired) electrons. The number of alkyl halides is 3. The number of halogens is 4. The summed E-state index contributed by atoms with van der Waals surface area (Å²) in [5, 5.41) is 26.2. The predicted octanol–water partition coefficient (Wildman–Crippen LogP) is 3.90. The number of benzene rings is 2. The maximum Gasteiger partial charge on any atom is 0.424 e. The minimum absolute atomic E-state index is 0.00817. The van der Waals surface area contributed by atoms with Gasteiger partial charge in [-0.05, 0) is 62.4 Å². The number of nitrogens with two attached hydrogens (primary N) is 1. The second kappa shape index (κ2) is 13.1. The van der Waals surface area contributed by atoms with Gasteiger partial charge in [0, 0.05) is 23.2 Å².